The molecule has 0 aromatic heterocycles. The average Bonchev–Trinajstić information content (AvgIpc) is 2.46. The molecule has 0 aromatic carbocycles. The second-order valence-electron chi connectivity index (χ2n) is 4.81. The van der Waals surface area contributed by atoms with Gasteiger partial charge in [-0.15, -0.1) is 11.8 Å². The summed E-state index contributed by atoms with van der Waals surface area (Å²) in [4.78, 5) is 21.0. The largest absolute Gasteiger partial charge is 0.478 e. The summed E-state index contributed by atoms with van der Waals surface area (Å²) in [6.45, 7) is 2.29. The molecule has 0 saturated carbocycles. The summed E-state index contributed by atoms with van der Waals surface area (Å²) in [7, 11) is 0. The van der Waals surface area contributed by atoms with Crippen LogP contribution in [0.2, 0.25) is 0 Å². The van der Waals surface area contributed by atoms with E-state index in [4.69, 9.17) is 9.84 Å². The fraction of sp³-hybridized carbons (Fsp3) is 0.692. The van der Waals surface area contributed by atoms with E-state index in [9.17, 15) is 24.9 Å². The van der Waals surface area contributed by atoms with Gasteiger partial charge in [0.05, 0.1) is 12.6 Å². The van der Waals surface area contributed by atoms with Gasteiger partial charge in [0.2, 0.25) is 10.8 Å². The molecule has 1 amide bonds. The summed E-state index contributed by atoms with van der Waals surface area (Å²) < 4.78 is 5.51. The number of aliphatic hydroxyl groups excluding tert-OH is 3. The number of nitrogens with one attached hydrogen (secondary N) is 1. The number of carboxylic acid groups (broad SMARTS) is 1. The van der Waals surface area contributed by atoms with E-state index in [0.29, 0.717) is 5.75 Å². The van der Waals surface area contributed by atoms with Crippen LogP contribution in [0.1, 0.15) is 13.8 Å². The van der Waals surface area contributed by atoms with Crippen molar-refractivity contribution in [2.75, 3.05) is 12.4 Å². The van der Waals surface area contributed by atoms with Gasteiger partial charge in [-0.25, -0.2) is 4.79 Å². The van der Waals surface area contributed by atoms with Crippen molar-refractivity contribution in [2.45, 2.75) is 43.1 Å². The minimum Gasteiger partial charge on any atom is -0.478 e. The molecule has 1 heterocycles. The molecule has 0 bridgehead atoms. The van der Waals surface area contributed by atoms with Crippen LogP contribution >= 0.6 is 11.8 Å². The van der Waals surface area contributed by atoms with Crippen LogP contribution in [-0.4, -0.2) is 73.9 Å². The Balaban J connectivity index is 3.13. The first-order valence-electron chi connectivity index (χ1n) is 6.76. The lowest BCUT2D eigenvalue weighted by molar-refractivity contribution is -0.170. The van der Waals surface area contributed by atoms with Crippen LogP contribution in [-0.2, 0) is 14.3 Å². The number of hydrogen-bond acceptors (Lipinski definition) is 7. The second-order valence-corrected chi connectivity index (χ2v) is 6.29. The van der Waals surface area contributed by atoms with Crippen molar-refractivity contribution in [3.63, 3.8) is 0 Å². The Morgan fingerprint density at radius 3 is 2.55 bits per heavy atom. The molecule has 5 N–H and O–H groups in total. The highest BCUT2D eigenvalue weighted by Crippen LogP contribution is 2.35. The highest BCUT2D eigenvalue weighted by molar-refractivity contribution is 8.01. The Kier molecular flexibility index (Phi) is 6.82. The molecule has 0 aliphatic carbocycles. The highest BCUT2D eigenvalue weighted by Gasteiger charge is 2.48. The lowest BCUT2D eigenvalue weighted by atomic mass is 9.97. The summed E-state index contributed by atoms with van der Waals surface area (Å²) >= 11 is 0.993. The number of aliphatic hydroxyl groups is 3. The van der Waals surface area contributed by atoms with Crippen LogP contribution in [0, 0.1) is 0 Å². The monoisotopic (exact) mass is 335 g/mol. The summed E-state index contributed by atoms with van der Waals surface area (Å²) in [6.07, 6.45) is -1.58. The van der Waals surface area contributed by atoms with E-state index < -0.39 is 47.8 Å². The molecule has 126 valence electrons. The van der Waals surface area contributed by atoms with Gasteiger partial charge in [-0.1, -0.05) is 13.0 Å². The summed E-state index contributed by atoms with van der Waals surface area (Å²) in [5.41, 5.74) is 0. The van der Waals surface area contributed by atoms with Gasteiger partial charge in [-0.3, -0.25) is 4.79 Å². The Bertz CT molecular complexity index is 444. The van der Waals surface area contributed by atoms with Gasteiger partial charge in [0.15, 0.2) is 0 Å². The van der Waals surface area contributed by atoms with Crippen LogP contribution in [0.5, 0.6) is 0 Å². The third-order valence-corrected chi connectivity index (χ3v) is 4.26. The number of hydrogen-bond donors (Lipinski definition) is 5. The molecule has 8 nitrogen and oxygen atoms in total. The van der Waals surface area contributed by atoms with E-state index in [1.165, 1.54) is 19.1 Å². The fourth-order valence-electron chi connectivity index (χ4n) is 2.11. The Labute approximate surface area is 132 Å². The number of thioether (sulfide) groups is 1. The van der Waals surface area contributed by atoms with Crippen LogP contribution in [0.4, 0.5) is 0 Å². The molecular weight excluding hydrogens is 314 g/mol. The topological polar surface area (TPSA) is 136 Å². The van der Waals surface area contributed by atoms with Crippen LogP contribution < -0.4 is 5.32 Å². The molecule has 0 fully saturated rings. The molecule has 0 aromatic rings. The highest BCUT2D eigenvalue weighted by atomic mass is 32.2. The summed E-state index contributed by atoms with van der Waals surface area (Å²) in [5.74, 6) is -1.22. The maximum Gasteiger partial charge on any atom is 0.350 e. The lowest BCUT2D eigenvalue weighted by Crippen LogP contribution is -2.59. The Morgan fingerprint density at radius 1 is 1.45 bits per heavy atom. The van der Waals surface area contributed by atoms with Gasteiger partial charge in [0, 0.05) is 6.92 Å². The first-order chi connectivity index (χ1) is 10.3. The van der Waals surface area contributed by atoms with Crippen molar-refractivity contribution in [3.8, 4) is 0 Å². The standard InChI is InChI=1S/C13H21NO7S/c1-3-22-13(12(19)20)5-4-8(14-7(2)16)11(21-13)10(18)9(17)6-15/h4-5,8-11,15,17-18H,3,6H2,1-2H3,(H,14,16)(H,19,20)/t8-,9-,10-,11-,13-/m1/s1. The van der Waals surface area contributed by atoms with Gasteiger partial charge in [0.25, 0.3) is 0 Å². The molecule has 5 atom stereocenters. The van der Waals surface area contributed by atoms with Crippen LogP contribution in [0.15, 0.2) is 12.2 Å². The minimum absolute atomic E-state index is 0.403. The first-order valence-corrected chi connectivity index (χ1v) is 7.74. The molecule has 22 heavy (non-hydrogen) atoms. The first kappa shape index (κ1) is 18.9. The molecule has 0 saturated heterocycles. The maximum absolute atomic E-state index is 11.5. The maximum atomic E-state index is 11.5. The van der Waals surface area contributed by atoms with E-state index in [0.717, 1.165) is 11.8 Å². The van der Waals surface area contributed by atoms with Gasteiger partial charge >= 0.3 is 5.97 Å². The van der Waals surface area contributed by atoms with Gasteiger partial charge in [0.1, 0.15) is 18.3 Å². The zero-order valence-corrected chi connectivity index (χ0v) is 13.1. The predicted molar refractivity (Wildman–Crippen MR) is 79.2 cm³/mol. The zero-order valence-electron chi connectivity index (χ0n) is 12.3. The normalized spacial score (nSPS) is 30.6. The van der Waals surface area contributed by atoms with E-state index in [1.54, 1.807) is 6.92 Å². The molecule has 1 rings (SSSR count). The third-order valence-electron chi connectivity index (χ3n) is 3.13. The van der Waals surface area contributed by atoms with Crippen molar-refractivity contribution >= 4 is 23.6 Å². The second kappa shape index (κ2) is 7.93. The Hall–Kier alpha value is -1.13. The number of carbonyl (C=O) groups excluding carboxylic acids is 1. The summed E-state index contributed by atoms with van der Waals surface area (Å²) in [5, 5.41) is 40.5. The van der Waals surface area contributed by atoms with Crippen molar-refractivity contribution < 1.29 is 34.8 Å². The molecule has 0 spiro atoms. The van der Waals surface area contributed by atoms with Crippen LogP contribution in [0.3, 0.4) is 0 Å². The van der Waals surface area contributed by atoms with Crippen molar-refractivity contribution in [1.29, 1.82) is 0 Å². The van der Waals surface area contributed by atoms with Crippen LogP contribution in [0.25, 0.3) is 0 Å². The smallest absolute Gasteiger partial charge is 0.350 e. The van der Waals surface area contributed by atoms with E-state index in [1.807, 2.05) is 0 Å². The van der Waals surface area contributed by atoms with Crippen molar-refractivity contribution in [1.82, 2.24) is 5.32 Å². The van der Waals surface area contributed by atoms with E-state index in [-0.39, 0.29) is 0 Å². The fourth-order valence-corrected chi connectivity index (χ4v) is 3.01. The minimum atomic E-state index is -1.72. The number of carbonyl (C=O) groups is 2. The zero-order chi connectivity index (χ0) is 16.9. The van der Waals surface area contributed by atoms with E-state index in [2.05, 4.69) is 5.32 Å². The number of rotatable bonds is 7. The molecule has 0 unspecified atom stereocenters. The summed E-state index contributed by atoms with van der Waals surface area (Å²) in [6, 6.07) is -0.821. The number of ether oxygens (including phenoxy) is 1. The molecular formula is C13H21NO7S. The van der Waals surface area contributed by atoms with E-state index >= 15 is 0 Å². The van der Waals surface area contributed by atoms with Gasteiger partial charge in [-0.2, -0.15) is 0 Å². The predicted octanol–water partition coefficient (Wildman–Crippen LogP) is -1.31. The van der Waals surface area contributed by atoms with Crippen molar-refractivity contribution in [3.05, 3.63) is 12.2 Å². The molecule has 9 heteroatoms. The van der Waals surface area contributed by atoms with Gasteiger partial charge < -0.3 is 30.5 Å². The lowest BCUT2D eigenvalue weighted by Gasteiger charge is -2.40. The van der Waals surface area contributed by atoms with Crippen molar-refractivity contribution in [2.24, 2.45) is 0 Å². The number of amides is 1. The number of aliphatic carboxylic acids is 1. The average molecular weight is 335 g/mol. The SMILES string of the molecule is CCS[C@@]1(C(=O)O)C=C[C@@H](NC(C)=O)[C@H]([C@H](O)[C@H](O)CO)O1. The Morgan fingerprint density at radius 2 is 2.09 bits per heavy atom. The number of carboxylic acids is 1. The quantitative estimate of drug-likeness (QED) is 0.362. The van der Waals surface area contributed by atoms with Gasteiger partial charge in [-0.05, 0) is 11.8 Å². The molecule has 1 aliphatic heterocycles. The molecule has 1 aliphatic rings. The molecule has 0 radical (unpaired) electrons. The third kappa shape index (κ3) is 4.20.